The fraction of sp³-hybridized carbons (Fsp3) is 0.333. The molecule has 1 aliphatic heterocycles. The highest BCUT2D eigenvalue weighted by Crippen LogP contribution is 2.35. The quantitative estimate of drug-likeness (QED) is 0.804. The minimum atomic E-state index is -4.31. The fourth-order valence-corrected chi connectivity index (χ4v) is 2.63. The molecule has 0 spiro atoms. The Morgan fingerprint density at radius 3 is 2.15 bits per heavy atom. The van der Waals surface area contributed by atoms with Crippen molar-refractivity contribution in [1.29, 1.82) is 0 Å². The van der Waals surface area contributed by atoms with Gasteiger partial charge in [0.25, 0.3) is 0 Å². The Hall–Kier alpha value is -1.91. The first-order valence-corrected chi connectivity index (χ1v) is 6.65. The third-order valence-corrected chi connectivity index (χ3v) is 3.63. The van der Waals surface area contributed by atoms with Crippen LogP contribution in [0.25, 0.3) is 5.69 Å². The van der Waals surface area contributed by atoms with Crippen LogP contribution < -0.4 is 4.90 Å². The van der Waals surface area contributed by atoms with Crippen LogP contribution in [0.5, 0.6) is 0 Å². The molecule has 3 rings (SSSR count). The summed E-state index contributed by atoms with van der Waals surface area (Å²) in [4.78, 5) is 2.15. The number of benzene rings is 1. The summed E-state index contributed by atoms with van der Waals surface area (Å²) in [5.74, 6) is 0. The van der Waals surface area contributed by atoms with Gasteiger partial charge >= 0.3 is 6.18 Å². The van der Waals surface area contributed by atoms with Crippen molar-refractivity contribution < 1.29 is 13.2 Å². The highest BCUT2D eigenvalue weighted by atomic mass is 19.4. The van der Waals surface area contributed by atoms with E-state index in [2.05, 4.69) is 4.90 Å². The minimum absolute atomic E-state index is 0.590. The lowest BCUT2D eigenvalue weighted by atomic mass is 10.1. The van der Waals surface area contributed by atoms with Gasteiger partial charge in [-0.2, -0.15) is 13.2 Å². The molecule has 5 heteroatoms. The third kappa shape index (κ3) is 2.40. The van der Waals surface area contributed by atoms with Gasteiger partial charge in [0.1, 0.15) is 0 Å². The lowest BCUT2D eigenvalue weighted by Crippen LogP contribution is -2.20. The second-order valence-corrected chi connectivity index (χ2v) is 4.99. The smallest absolute Gasteiger partial charge is 0.370 e. The number of anilines is 1. The summed E-state index contributed by atoms with van der Waals surface area (Å²) < 4.78 is 40.4. The lowest BCUT2D eigenvalue weighted by molar-refractivity contribution is -0.137. The van der Waals surface area contributed by atoms with Crippen molar-refractivity contribution in [2.75, 3.05) is 18.0 Å². The first-order valence-electron chi connectivity index (χ1n) is 6.65. The number of nitrogens with zero attached hydrogens (tertiary/aromatic N) is 2. The predicted molar refractivity (Wildman–Crippen MR) is 72.2 cm³/mol. The van der Waals surface area contributed by atoms with Gasteiger partial charge in [-0.05, 0) is 43.2 Å². The molecule has 0 bridgehead atoms. The average Bonchev–Trinajstić information content (AvgIpc) is 3.10. The van der Waals surface area contributed by atoms with Gasteiger partial charge in [0.05, 0.1) is 16.9 Å². The maximum Gasteiger partial charge on any atom is 0.416 e. The van der Waals surface area contributed by atoms with Gasteiger partial charge in [0.2, 0.25) is 0 Å². The molecule has 1 fully saturated rings. The van der Waals surface area contributed by atoms with Crippen LogP contribution in [-0.2, 0) is 6.18 Å². The largest absolute Gasteiger partial charge is 0.416 e. The molecular weight excluding hydrogens is 265 g/mol. The molecule has 2 heterocycles. The van der Waals surface area contributed by atoms with Gasteiger partial charge in [-0.15, -0.1) is 0 Å². The van der Waals surface area contributed by atoms with Crippen LogP contribution >= 0.6 is 0 Å². The SMILES string of the molecule is FC(F)(F)c1ccc(N2CCCC2)c(-n2cccc2)c1. The van der Waals surface area contributed by atoms with Crippen molar-refractivity contribution in [1.82, 2.24) is 4.57 Å². The van der Waals surface area contributed by atoms with E-state index in [9.17, 15) is 13.2 Å². The zero-order chi connectivity index (χ0) is 14.2. The Bertz CT molecular complexity index is 582. The van der Waals surface area contributed by atoms with E-state index in [4.69, 9.17) is 0 Å². The van der Waals surface area contributed by atoms with E-state index in [-0.39, 0.29) is 0 Å². The van der Waals surface area contributed by atoms with Crippen LogP contribution in [0.3, 0.4) is 0 Å². The molecular formula is C15H15F3N2. The Morgan fingerprint density at radius 1 is 0.900 bits per heavy atom. The van der Waals surface area contributed by atoms with E-state index in [0.29, 0.717) is 5.69 Å². The molecule has 0 atom stereocenters. The summed E-state index contributed by atoms with van der Waals surface area (Å²) in [5.41, 5.74) is 0.850. The summed E-state index contributed by atoms with van der Waals surface area (Å²) in [5, 5.41) is 0. The van der Waals surface area contributed by atoms with Gasteiger partial charge in [-0.1, -0.05) is 0 Å². The molecule has 0 amide bonds. The molecule has 2 nitrogen and oxygen atoms in total. The molecule has 0 saturated carbocycles. The molecule has 20 heavy (non-hydrogen) atoms. The van der Waals surface area contributed by atoms with E-state index >= 15 is 0 Å². The molecule has 106 valence electrons. The molecule has 0 radical (unpaired) electrons. The number of aromatic nitrogens is 1. The summed E-state index contributed by atoms with van der Waals surface area (Å²) in [6.07, 6.45) is 1.41. The van der Waals surface area contributed by atoms with Crippen molar-refractivity contribution >= 4 is 5.69 Å². The van der Waals surface area contributed by atoms with Crippen molar-refractivity contribution in [3.8, 4) is 5.69 Å². The van der Waals surface area contributed by atoms with Crippen LogP contribution in [0.4, 0.5) is 18.9 Å². The van der Waals surface area contributed by atoms with Crippen LogP contribution in [0.2, 0.25) is 0 Å². The molecule has 0 unspecified atom stereocenters. The molecule has 1 aliphatic rings. The number of alkyl halides is 3. The number of halogens is 3. The Balaban J connectivity index is 2.10. The molecule has 0 N–H and O–H groups in total. The van der Waals surface area contributed by atoms with Crippen molar-refractivity contribution in [3.63, 3.8) is 0 Å². The third-order valence-electron chi connectivity index (χ3n) is 3.63. The van der Waals surface area contributed by atoms with Crippen molar-refractivity contribution in [2.24, 2.45) is 0 Å². The highest BCUT2D eigenvalue weighted by Gasteiger charge is 2.31. The molecule has 1 aromatic carbocycles. The van der Waals surface area contributed by atoms with E-state index < -0.39 is 11.7 Å². The standard InChI is InChI=1S/C15H15F3N2/c16-15(17,18)12-5-6-13(19-7-1-2-8-19)14(11-12)20-9-3-4-10-20/h3-6,9-11H,1-2,7-8H2. The van der Waals surface area contributed by atoms with E-state index in [1.807, 2.05) is 12.1 Å². The van der Waals surface area contributed by atoms with E-state index in [1.165, 1.54) is 12.1 Å². The number of hydrogen-bond donors (Lipinski definition) is 0. The fourth-order valence-electron chi connectivity index (χ4n) is 2.63. The zero-order valence-electron chi connectivity index (χ0n) is 10.9. The summed E-state index contributed by atoms with van der Waals surface area (Å²) in [7, 11) is 0. The normalized spacial score (nSPS) is 15.8. The van der Waals surface area contributed by atoms with Gasteiger partial charge < -0.3 is 9.47 Å². The minimum Gasteiger partial charge on any atom is -0.370 e. The highest BCUT2D eigenvalue weighted by molar-refractivity contribution is 5.65. The van der Waals surface area contributed by atoms with Crippen molar-refractivity contribution in [2.45, 2.75) is 19.0 Å². The maximum atomic E-state index is 12.9. The molecule has 1 aromatic heterocycles. The second-order valence-electron chi connectivity index (χ2n) is 4.99. The molecule has 1 saturated heterocycles. The van der Waals surface area contributed by atoms with Crippen LogP contribution in [0.15, 0.2) is 42.7 Å². The lowest BCUT2D eigenvalue weighted by Gasteiger charge is -2.23. The van der Waals surface area contributed by atoms with Crippen LogP contribution in [0, 0.1) is 0 Å². The second kappa shape index (κ2) is 4.89. The van der Waals surface area contributed by atoms with Gasteiger partial charge in [0.15, 0.2) is 0 Å². The molecule has 2 aromatic rings. The average molecular weight is 280 g/mol. The van der Waals surface area contributed by atoms with Gasteiger partial charge in [-0.3, -0.25) is 0 Å². The summed E-state index contributed by atoms with van der Waals surface area (Å²) in [6, 6.07) is 7.61. The number of hydrogen-bond acceptors (Lipinski definition) is 1. The van der Waals surface area contributed by atoms with Crippen molar-refractivity contribution in [3.05, 3.63) is 48.3 Å². The molecule has 0 aliphatic carbocycles. The Kier molecular flexibility index (Phi) is 3.20. The van der Waals surface area contributed by atoms with Gasteiger partial charge in [0, 0.05) is 25.5 Å². The Morgan fingerprint density at radius 2 is 1.55 bits per heavy atom. The zero-order valence-corrected chi connectivity index (χ0v) is 10.9. The number of rotatable bonds is 2. The van der Waals surface area contributed by atoms with E-state index in [0.717, 1.165) is 31.6 Å². The Labute approximate surface area is 115 Å². The van der Waals surface area contributed by atoms with Crippen LogP contribution in [0.1, 0.15) is 18.4 Å². The first kappa shape index (κ1) is 13.1. The summed E-state index contributed by atoms with van der Waals surface area (Å²) in [6.45, 7) is 1.80. The van der Waals surface area contributed by atoms with Crippen LogP contribution in [-0.4, -0.2) is 17.7 Å². The predicted octanol–water partition coefficient (Wildman–Crippen LogP) is 4.10. The first-order chi connectivity index (χ1) is 9.55. The van der Waals surface area contributed by atoms with Gasteiger partial charge in [-0.25, -0.2) is 0 Å². The summed E-state index contributed by atoms with van der Waals surface area (Å²) >= 11 is 0. The monoisotopic (exact) mass is 280 g/mol. The topological polar surface area (TPSA) is 8.17 Å². The maximum absolute atomic E-state index is 12.9. The van der Waals surface area contributed by atoms with E-state index in [1.54, 1.807) is 23.0 Å².